The van der Waals surface area contributed by atoms with Crippen LogP contribution in [0, 0.1) is 15.9 Å². The van der Waals surface area contributed by atoms with Gasteiger partial charge in [0, 0.05) is 87.6 Å². The van der Waals surface area contributed by atoms with Gasteiger partial charge in [-0.1, -0.05) is 6.07 Å². The van der Waals surface area contributed by atoms with Crippen LogP contribution in [0.25, 0.3) is 90.9 Å². The highest BCUT2D eigenvalue weighted by atomic mass is 19.1. The molecule has 0 saturated carbocycles. The van der Waals surface area contributed by atoms with Gasteiger partial charge < -0.3 is 9.97 Å². The van der Waals surface area contributed by atoms with Crippen molar-refractivity contribution in [1.82, 2.24) is 34.9 Å². The van der Waals surface area contributed by atoms with Crippen molar-refractivity contribution in [3.63, 3.8) is 0 Å². The fourth-order valence-corrected chi connectivity index (χ4v) is 6.78. The first kappa shape index (κ1) is 30.6. The summed E-state index contributed by atoms with van der Waals surface area (Å²) in [5.74, 6) is -0.920. The van der Waals surface area contributed by atoms with Gasteiger partial charge in [0.05, 0.1) is 27.7 Å². The van der Waals surface area contributed by atoms with Crippen molar-refractivity contribution in [2.24, 2.45) is 0 Å². The van der Waals surface area contributed by atoms with Gasteiger partial charge >= 0.3 is 5.69 Å². The lowest BCUT2D eigenvalue weighted by atomic mass is 10.0. The van der Waals surface area contributed by atoms with Crippen molar-refractivity contribution in [2.75, 3.05) is 0 Å². The van der Waals surface area contributed by atoms with Gasteiger partial charge in [0.25, 0.3) is 0 Å². The lowest BCUT2D eigenvalue weighted by Gasteiger charge is -2.07. The predicted octanol–water partition coefficient (Wildman–Crippen LogP) is 9.56. The van der Waals surface area contributed by atoms with E-state index >= 15 is 0 Å². The number of hydrogen-bond acceptors (Lipinski definition) is 7. The molecule has 0 saturated heterocycles. The summed E-state index contributed by atoms with van der Waals surface area (Å²) in [6.45, 7) is 0. The fourth-order valence-electron chi connectivity index (χ4n) is 6.78. The Morgan fingerprint density at radius 2 is 0.827 bits per heavy atom. The number of fused-ring (bicyclic) bond motifs is 8. The number of nitro groups is 1. The standard InChI is InChI=1S/C41H25FN8O2/c42-28-2-1-27(23-37(28)50(51)52)41-35-9-7-33(48-35)39(25-13-19-44-20-14-25)31-5-3-29(46-31)38(24-11-17-43-18-12-24)30-4-6-32(47-30)40(26-15-21-45-22-16-26)34-8-10-36(41)49-34/h1-23,46,49H. The molecule has 0 amide bonds. The molecule has 6 aromatic heterocycles. The zero-order chi connectivity index (χ0) is 35.2. The van der Waals surface area contributed by atoms with E-state index in [1.54, 1.807) is 37.2 Å². The quantitative estimate of drug-likeness (QED) is 0.136. The van der Waals surface area contributed by atoms with Gasteiger partial charge in [-0.3, -0.25) is 25.1 Å². The van der Waals surface area contributed by atoms with Gasteiger partial charge in [0.15, 0.2) is 0 Å². The molecule has 2 aliphatic heterocycles. The topological polar surface area (TPSA) is 139 Å². The van der Waals surface area contributed by atoms with Crippen LogP contribution in [-0.4, -0.2) is 39.8 Å². The first-order valence-electron chi connectivity index (χ1n) is 16.3. The SMILES string of the molecule is O=[N+]([O-])c1cc(-c2c3nc(c(-c4ccncc4)c4ccc([nH]4)c(-c4ccncc4)c4nc(c(-c5ccncc5)c5ccc2[nH]5)C=C4)C=C3)ccc1F. The minimum atomic E-state index is -0.920. The molecule has 0 spiro atoms. The van der Waals surface area contributed by atoms with E-state index < -0.39 is 16.4 Å². The van der Waals surface area contributed by atoms with Crippen LogP contribution in [0.3, 0.4) is 0 Å². The molecule has 11 heteroatoms. The highest BCUT2D eigenvalue weighted by Gasteiger charge is 2.21. The molecule has 2 N–H and O–H groups in total. The van der Waals surface area contributed by atoms with Crippen LogP contribution < -0.4 is 0 Å². The van der Waals surface area contributed by atoms with Crippen LogP contribution in [-0.2, 0) is 0 Å². The van der Waals surface area contributed by atoms with Gasteiger partial charge in [-0.15, -0.1) is 0 Å². The maximum absolute atomic E-state index is 14.7. The monoisotopic (exact) mass is 680 g/mol. The second kappa shape index (κ2) is 12.5. The lowest BCUT2D eigenvalue weighted by Crippen LogP contribution is -1.94. The number of pyridine rings is 3. The molecular formula is C41H25FN8O2. The Hall–Kier alpha value is -7.40. The van der Waals surface area contributed by atoms with E-state index in [2.05, 4.69) is 24.9 Å². The van der Waals surface area contributed by atoms with E-state index in [9.17, 15) is 14.5 Å². The Morgan fingerprint density at radius 1 is 0.481 bits per heavy atom. The third-order valence-electron chi connectivity index (χ3n) is 9.09. The second-order valence-corrected chi connectivity index (χ2v) is 12.1. The maximum atomic E-state index is 14.7. The van der Waals surface area contributed by atoms with Gasteiger partial charge in [-0.05, 0) is 113 Å². The Labute approximate surface area is 295 Å². The Kier molecular flexibility index (Phi) is 7.36. The number of rotatable bonds is 5. The van der Waals surface area contributed by atoms with Crippen molar-refractivity contribution in [1.29, 1.82) is 0 Å². The maximum Gasteiger partial charge on any atom is 0.305 e. The molecule has 1 aromatic carbocycles. The average molecular weight is 681 g/mol. The van der Waals surface area contributed by atoms with E-state index in [1.165, 1.54) is 12.1 Å². The van der Waals surface area contributed by atoms with Crippen LogP contribution in [0.15, 0.2) is 116 Å². The molecule has 10 nitrogen and oxygen atoms in total. The molecule has 0 aliphatic carbocycles. The van der Waals surface area contributed by atoms with Crippen LogP contribution in [0.4, 0.5) is 10.1 Å². The summed E-state index contributed by atoms with van der Waals surface area (Å²) in [6, 6.07) is 23.4. The summed E-state index contributed by atoms with van der Waals surface area (Å²) in [5, 5.41) is 11.9. The number of nitrogens with zero attached hydrogens (tertiary/aromatic N) is 6. The minimum absolute atomic E-state index is 0.427. The van der Waals surface area contributed by atoms with Crippen molar-refractivity contribution in [2.45, 2.75) is 0 Å². The molecule has 2 aliphatic rings. The van der Waals surface area contributed by atoms with Crippen molar-refractivity contribution < 1.29 is 9.31 Å². The molecule has 9 rings (SSSR count). The summed E-state index contributed by atoms with van der Waals surface area (Å²) >= 11 is 0. The van der Waals surface area contributed by atoms with Crippen LogP contribution in [0.1, 0.15) is 22.8 Å². The zero-order valence-corrected chi connectivity index (χ0v) is 27.2. The zero-order valence-electron chi connectivity index (χ0n) is 27.2. The summed E-state index contributed by atoms with van der Waals surface area (Å²) in [7, 11) is 0. The number of aromatic amines is 2. The van der Waals surface area contributed by atoms with E-state index in [-0.39, 0.29) is 0 Å². The molecule has 0 unspecified atom stereocenters. The van der Waals surface area contributed by atoms with Crippen molar-refractivity contribution >= 4 is 52.1 Å². The Balaban J connectivity index is 1.48. The highest BCUT2D eigenvalue weighted by molar-refractivity contribution is 5.99. The molecule has 0 radical (unpaired) electrons. The average Bonchev–Trinajstić information content (AvgIpc) is 4.01. The van der Waals surface area contributed by atoms with Gasteiger partial charge in [-0.25, -0.2) is 9.97 Å². The van der Waals surface area contributed by atoms with Crippen molar-refractivity contribution in [3.05, 3.63) is 155 Å². The number of nitrogens with one attached hydrogen (secondary N) is 2. The van der Waals surface area contributed by atoms with Crippen LogP contribution in [0.5, 0.6) is 0 Å². The molecule has 0 atom stereocenters. The number of aromatic nitrogens is 7. The number of hydrogen-bond donors (Lipinski definition) is 2. The smallest absolute Gasteiger partial charge is 0.305 e. The molecule has 248 valence electrons. The molecule has 8 bridgehead atoms. The summed E-state index contributed by atoms with van der Waals surface area (Å²) in [6.07, 6.45) is 18.2. The highest BCUT2D eigenvalue weighted by Crippen LogP contribution is 2.38. The third-order valence-corrected chi connectivity index (χ3v) is 9.09. The minimum Gasteiger partial charge on any atom is -0.354 e. The Bertz CT molecular complexity index is 2740. The van der Waals surface area contributed by atoms with Gasteiger partial charge in [0.2, 0.25) is 5.82 Å². The van der Waals surface area contributed by atoms with Gasteiger partial charge in [-0.2, -0.15) is 4.39 Å². The van der Waals surface area contributed by atoms with Crippen LogP contribution >= 0.6 is 0 Å². The van der Waals surface area contributed by atoms with E-state index in [1.807, 2.05) is 85.0 Å². The lowest BCUT2D eigenvalue weighted by molar-refractivity contribution is -0.387. The Morgan fingerprint density at radius 3 is 1.17 bits per heavy atom. The second-order valence-electron chi connectivity index (χ2n) is 12.1. The predicted molar refractivity (Wildman–Crippen MR) is 201 cm³/mol. The molecule has 7 aromatic rings. The third kappa shape index (κ3) is 5.33. The summed E-state index contributed by atoms with van der Waals surface area (Å²) in [4.78, 5) is 41.5. The van der Waals surface area contributed by atoms with Gasteiger partial charge in [0.1, 0.15) is 0 Å². The van der Waals surface area contributed by atoms with E-state index in [0.29, 0.717) is 28.0 Å². The normalized spacial score (nSPS) is 11.9. The molecule has 8 heterocycles. The van der Waals surface area contributed by atoms with Crippen LogP contribution in [0.2, 0.25) is 0 Å². The molecule has 52 heavy (non-hydrogen) atoms. The van der Waals surface area contributed by atoms with E-state index in [0.717, 1.165) is 67.4 Å². The number of halogens is 1. The van der Waals surface area contributed by atoms with Crippen molar-refractivity contribution in [3.8, 4) is 44.5 Å². The number of benzene rings is 1. The summed E-state index contributed by atoms with van der Waals surface area (Å²) in [5.41, 5.74) is 11.3. The van der Waals surface area contributed by atoms with E-state index in [4.69, 9.17) is 9.97 Å². The first-order valence-corrected chi connectivity index (χ1v) is 16.3. The molecular weight excluding hydrogens is 656 g/mol. The number of H-pyrrole nitrogens is 2. The fraction of sp³-hybridized carbons (Fsp3) is 0. The largest absolute Gasteiger partial charge is 0.354 e. The molecule has 0 fully saturated rings. The number of nitro benzene ring substituents is 1. The summed E-state index contributed by atoms with van der Waals surface area (Å²) < 4.78 is 14.7. The first-order chi connectivity index (χ1) is 25.5.